The summed E-state index contributed by atoms with van der Waals surface area (Å²) >= 11 is 0. The molecule has 2 saturated carbocycles. The molecule has 0 atom stereocenters. The lowest BCUT2D eigenvalue weighted by Crippen LogP contribution is -2.30. The number of aliphatic hydroxyl groups is 4. The lowest BCUT2D eigenvalue weighted by Gasteiger charge is -2.25. The standard InChI is InChI=1S/2C6H12O2.C3H8/c2*7-6(8)4-2-1-3-5-6;1-3-2/h2*7-8H,1-5H2;3H2,1-2H3. The molecule has 0 saturated heterocycles. The van der Waals surface area contributed by atoms with E-state index in [4.69, 9.17) is 20.4 Å². The molecule has 19 heavy (non-hydrogen) atoms. The van der Waals surface area contributed by atoms with Crippen LogP contribution < -0.4 is 0 Å². The van der Waals surface area contributed by atoms with Gasteiger partial charge in [0.1, 0.15) is 0 Å². The number of hydrogen-bond acceptors (Lipinski definition) is 4. The minimum atomic E-state index is -1.32. The molecule has 2 aliphatic carbocycles. The molecule has 2 rings (SSSR count). The Morgan fingerprint density at radius 1 is 0.579 bits per heavy atom. The smallest absolute Gasteiger partial charge is 0.162 e. The zero-order chi connectivity index (χ0) is 14.8. The maximum Gasteiger partial charge on any atom is 0.162 e. The highest BCUT2D eigenvalue weighted by Gasteiger charge is 2.25. The molecule has 0 unspecified atom stereocenters. The Kier molecular flexibility index (Phi) is 9.62. The van der Waals surface area contributed by atoms with Crippen molar-refractivity contribution >= 4 is 0 Å². The van der Waals surface area contributed by atoms with E-state index in [-0.39, 0.29) is 0 Å². The Morgan fingerprint density at radius 3 is 0.895 bits per heavy atom. The number of hydrogen-bond donors (Lipinski definition) is 4. The molecule has 0 spiro atoms. The first-order valence-electron chi connectivity index (χ1n) is 7.72. The van der Waals surface area contributed by atoms with Crippen molar-refractivity contribution in [3.05, 3.63) is 0 Å². The van der Waals surface area contributed by atoms with Gasteiger partial charge in [0, 0.05) is 25.7 Å². The molecule has 4 heteroatoms. The molecule has 0 aromatic carbocycles. The van der Waals surface area contributed by atoms with Gasteiger partial charge in [-0.05, 0) is 25.7 Å². The van der Waals surface area contributed by atoms with Crippen LogP contribution in [0, 0.1) is 0 Å². The molecule has 0 aromatic rings. The largest absolute Gasteiger partial charge is 0.366 e. The van der Waals surface area contributed by atoms with E-state index < -0.39 is 11.6 Å². The Hall–Kier alpha value is -0.160. The van der Waals surface area contributed by atoms with Gasteiger partial charge in [-0.25, -0.2) is 0 Å². The minimum Gasteiger partial charge on any atom is -0.366 e. The van der Waals surface area contributed by atoms with E-state index in [9.17, 15) is 0 Å². The fourth-order valence-electron chi connectivity index (χ4n) is 2.24. The van der Waals surface area contributed by atoms with Crippen LogP contribution in [0.15, 0.2) is 0 Å². The normalized spacial score (nSPS) is 24.3. The van der Waals surface area contributed by atoms with Crippen molar-refractivity contribution in [1.82, 2.24) is 0 Å². The van der Waals surface area contributed by atoms with Gasteiger partial charge >= 0.3 is 0 Å². The molecular formula is C15H32O4. The predicted octanol–water partition coefficient (Wildman–Crippen LogP) is 2.68. The van der Waals surface area contributed by atoms with Gasteiger partial charge in [-0.1, -0.05) is 33.1 Å². The summed E-state index contributed by atoms with van der Waals surface area (Å²) in [6.07, 6.45) is 9.67. The Labute approximate surface area is 117 Å². The van der Waals surface area contributed by atoms with Crippen molar-refractivity contribution in [1.29, 1.82) is 0 Å². The highest BCUT2D eigenvalue weighted by atomic mass is 16.5. The molecule has 4 nitrogen and oxygen atoms in total. The van der Waals surface area contributed by atoms with Gasteiger partial charge in [-0.3, -0.25) is 0 Å². The molecule has 0 aromatic heterocycles. The van der Waals surface area contributed by atoms with Crippen LogP contribution in [-0.4, -0.2) is 32.0 Å². The molecule has 0 radical (unpaired) electrons. The fourth-order valence-corrected chi connectivity index (χ4v) is 2.24. The zero-order valence-corrected chi connectivity index (χ0v) is 12.6. The average Bonchev–Trinajstić information content (AvgIpc) is 2.30. The van der Waals surface area contributed by atoms with Crippen molar-refractivity contribution in [2.45, 2.75) is 96.1 Å². The second kappa shape index (κ2) is 9.70. The number of rotatable bonds is 0. The SMILES string of the molecule is CCC.OC1(O)CCCCC1.OC1(O)CCCCC1. The van der Waals surface area contributed by atoms with Crippen LogP contribution in [0.4, 0.5) is 0 Å². The van der Waals surface area contributed by atoms with Crippen LogP contribution in [0.5, 0.6) is 0 Å². The maximum atomic E-state index is 8.93. The van der Waals surface area contributed by atoms with E-state index in [0.29, 0.717) is 25.7 Å². The highest BCUT2D eigenvalue weighted by Crippen LogP contribution is 2.25. The Bertz CT molecular complexity index is 176. The van der Waals surface area contributed by atoms with Gasteiger partial charge in [-0.15, -0.1) is 0 Å². The molecule has 2 aliphatic rings. The summed E-state index contributed by atoms with van der Waals surface area (Å²) in [5.41, 5.74) is 0. The summed E-state index contributed by atoms with van der Waals surface area (Å²) in [7, 11) is 0. The predicted molar refractivity (Wildman–Crippen MR) is 76.5 cm³/mol. The summed E-state index contributed by atoms with van der Waals surface area (Å²) in [6.45, 7) is 4.25. The highest BCUT2D eigenvalue weighted by molar-refractivity contribution is 4.70. The van der Waals surface area contributed by atoms with E-state index in [1.165, 1.54) is 6.42 Å². The third-order valence-corrected chi connectivity index (χ3v) is 3.31. The second-order valence-electron chi connectivity index (χ2n) is 5.79. The summed E-state index contributed by atoms with van der Waals surface area (Å²) in [5.74, 6) is -2.64. The van der Waals surface area contributed by atoms with Gasteiger partial charge < -0.3 is 20.4 Å². The molecule has 0 bridgehead atoms. The van der Waals surface area contributed by atoms with E-state index in [1.54, 1.807) is 0 Å². The monoisotopic (exact) mass is 276 g/mol. The topological polar surface area (TPSA) is 80.9 Å². The summed E-state index contributed by atoms with van der Waals surface area (Å²) < 4.78 is 0. The fraction of sp³-hybridized carbons (Fsp3) is 1.00. The Morgan fingerprint density at radius 2 is 0.789 bits per heavy atom. The van der Waals surface area contributed by atoms with Gasteiger partial charge in [0.05, 0.1) is 0 Å². The van der Waals surface area contributed by atoms with Crippen molar-refractivity contribution < 1.29 is 20.4 Å². The van der Waals surface area contributed by atoms with Crippen molar-refractivity contribution in [2.75, 3.05) is 0 Å². The van der Waals surface area contributed by atoms with Crippen molar-refractivity contribution in [3.63, 3.8) is 0 Å². The molecule has 2 fully saturated rings. The quantitative estimate of drug-likeness (QED) is 0.513. The molecular weight excluding hydrogens is 244 g/mol. The molecule has 0 heterocycles. The van der Waals surface area contributed by atoms with Crippen molar-refractivity contribution in [3.8, 4) is 0 Å². The Balaban J connectivity index is 0.000000284. The lowest BCUT2D eigenvalue weighted by atomic mass is 9.95. The summed E-state index contributed by atoms with van der Waals surface area (Å²) in [6, 6.07) is 0. The van der Waals surface area contributed by atoms with Gasteiger partial charge in [0.15, 0.2) is 11.6 Å². The zero-order valence-electron chi connectivity index (χ0n) is 12.6. The van der Waals surface area contributed by atoms with Gasteiger partial charge in [-0.2, -0.15) is 0 Å². The summed E-state index contributed by atoms with van der Waals surface area (Å²) in [4.78, 5) is 0. The summed E-state index contributed by atoms with van der Waals surface area (Å²) in [5, 5.41) is 35.7. The third-order valence-electron chi connectivity index (χ3n) is 3.31. The van der Waals surface area contributed by atoms with Crippen LogP contribution in [-0.2, 0) is 0 Å². The van der Waals surface area contributed by atoms with E-state index in [1.807, 2.05) is 0 Å². The van der Waals surface area contributed by atoms with E-state index >= 15 is 0 Å². The van der Waals surface area contributed by atoms with Gasteiger partial charge in [0.2, 0.25) is 0 Å². The maximum absolute atomic E-state index is 8.93. The van der Waals surface area contributed by atoms with E-state index in [2.05, 4.69) is 13.8 Å². The van der Waals surface area contributed by atoms with Crippen molar-refractivity contribution in [2.24, 2.45) is 0 Å². The molecule has 4 N–H and O–H groups in total. The van der Waals surface area contributed by atoms with Crippen LogP contribution in [0.25, 0.3) is 0 Å². The molecule has 116 valence electrons. The van der Waals surface area contributed by atoms with E-state index in [0.717, 1.165) is 38.5 Å². The first-order valence-corrected chi connectivity index (χ1v) is 7.72. The first-order chi connectivity index (χ1) is 8.83. The molecule has 0 amide bonds. The molecule has 0 aliphatic heterocycles. The van der Waals surface area contributed by atoms with Crippen LogP contribution >= 0.6 is 0 Å². The van der Waals surface area contributed by atoms with Crippen LogP contribution in [0.2, 0.25) is 0 Å². The third kappa shape index (κ3) is 11.4. The lowest BCUT2D eigenvalue weighted by molar-refractivity contribution is -0.180. The first kappa shape index (κ1) is 18.8. The minimum absolute atomic E-state index is 0.562. The second-order valence-corrected chi connectivity index (χ2v) is 5.79. The average molecular weight is 276 g/mol. The van der Waals surface area contributed by atoms with Gasteiger partial charge in [0.25, 0.3) is 0 Å². The van der Waals surface area contributed by atoms with Crippen LogP contribution in [0.3, 0.4) is 0 Å². The van der Waals surface area contributed by atoms with Crippen LogP contribution in [0.1, 0.15) is 84.5 Å².